The van der Waals surface area contributed by atoms with Gasteiger partial charge in [-0.15, -0.1) is 0 Å². The van der Waals surface area contributed by atoms with Crippen LogP contribution in [-0.4, -0.2) is 4.57 Å². The molecule has 1 aromatic heterocycles. The summed E-state index contributed by atoms with van der Waals surface area (Å²) in [4.78, 5) is 2.28. The van der Waals surface area contributed by atoms with Crippen LogP contribution >= 0.6 is 0 Å². The smallest absolute Gasteiger partial charge is 0.0647 e. The Kier molecular flexibility index (Phi) is 6.06. The number of benzene rings is 5. The van der Waals surface area contributed by atoms with E-state index in [-0.39, 0.29) is 5.41 Å². The largest absolute Gasteiger partial charge is 0.397 e. The molecule has 0 radical (unpaired) electrons. The summed E-state index contributed by atoms with van der Waals surface area (Å²) in [5.41, 5.74) is 20.7. The highest BCUT2D eigenvalue weighted by atomic mass is 15.1. The van der Waals surface area contributed by atoms with Gasteiger partial charge in [-0.3, -0.25) is 0 Å². The molecule has 0 saturated heterocycles. The van der Waals surface area contributed by atoms with E-state index in [1.54, 1.807) is 0 Å². The van der Waals surface area contributed by atoms with Gasteiger partial charge in [0.2, 0.25) is 0 Å². The molecule has 0 amide bonds. The van der Waals surface area contributed by atoms with E-state index in [0.29, 0.717) is 6.54 Å². The third-order valence-electron chi connectivity index (χ3n) is 8.99. The number of aromatic nitrogens is 1. The van der Waals surface area contributed by atoms with E-state index in [4.69, 9.17) is 5.73 Å². The Morgan fingerprint density at radius 3 is 2.21 bits per heavy atom. The Labute approximate surface area is 248 Å². The van der Waals surface area contributed by atoms with E-state index in [2.05, 4.69) is 128 Å². The number of rotatable bonds is 6. The molecule has 0 aliphatic heterocycles. The zero-order chi connectivity index (χ0) is 29.0. The van der Waals surface area contributed by atoms with Crippen molar-refractivity contribution in [1.82, 2.24) is 4.57 Å². The molecular formula is C39H35N3. The number of hydrogen-bond acceptors (Lipinski definition) is 2. The lowest BCUT2D eigenvalue weighted by molar-refractivity contribution is 0.661. The summed E-state index contributed by atoms with van der Waals surface area (Å²) in [6.07, 6.45) is 2.01. The van der Waals surface area contributed by atoms with Crippen LogP contribution in [0.1, 0.15) is 41.8 Å². The van der Waals surface area contributed by atoms with Crippen LogP contribution in [0.15, 0.2) is 122 Å². The van der Waals surface area contributed by atoms with Crippen molar-refractivity contribution in [2.75, 3.05) is 10.6 Å². The van der Waals surface area contributed by atoms with Crippen LogP contribution in [-0.2, 0) is 12.0 Å². The van der Waals surface area contributed by atoms with Gasteiger partial charge in [0.15, 0.2) is 0 Å². The van der Waals surface area contributed by atoms with Gasteiger partial charge in [-0.2, -0.15) is 0 Å². The van der Waals surface area contributed by atoms with Crippen molar-refractivity contribution in [3.8, 4) is 16.8 Å². The summed E-state index contributed by atoms with van der Waals surface area (Å²) in [6, 6.07) is 41.1. The average Bonchev–Trinajstić information content (AvgIpc) is 3.42. The number of para-hydroxylation sites is 3. The molecule has 6 aromatic rings. The Balaban J connectivity index is 1.31. The van der Waals surface area contributed by atoms with E-state index in [0.717, 1.165) is 22.7 Å². The maximum atomic E-state index is 6.43. The summed E-state index contributed by atoms with van der Waals surface area (Å²) in [5.74, 6) is 0. The number of nitrogens with two attached hydrogens (primary N) is 1. The summed E-state index contributed by atoms with van der Waals surface area (Å²) < 4.78 is 2.38. The van der Waals surface area contributed by atoms with Gasteiger partial charge in [0.05, 0.1) is 16.9 Å². The topological polar surface area (TPSA) is 34.2 Å². The molecule has 3 heteroatoms. The number of nitrogen functional groups attached to an aromatic ring is 1. The molecule has 1 aliphatic carbocycles. The zero-order valence-corrected chi connectivity index (χ0v) is 24.4. The lowest BCUT2D eigenvalue weighted by atomic mass is 9.82. The first-order valence-corrected chi connectivity index (χ1v) is 14.6. The average molecular weight is 546 g/mol. The second-order valence-corrected chi connectivity index (χ2v) is 11.8. The van der Waals surface area contributed by atoms with Gasteiger partial charge in [-0.25, -0.2) is 0 Å². The highest BCUT2D eigenvalue weighted by Gasteiger charge is 2.36. The number of hydrogen-bond donors (Lipinski definition) is 1. The van der Waals surface area contributed by atoms with Crippen molar-refractivity contribution in [3.63, 3.8) is 0 Å². The molecule has 3 nitrogen and oxygen atoms in total. The van der Waals surface area contributed by atoms with Gasteiger partial charge in [-0.05, 0) is 83.3 Å². The van der Waals surface area contributed by atoms with Crippen molar-refractivity contribution in [1.29, 1.82) is 0 Å². The number of nitrogens with zero attached hydrogens (tertiary/aromatic N) is 2. The van der Waals surface area contributed by atoms with Crippen LogP contribution in [0.25, 0.3) is 33.8 Å². The summed E-state index contributed by atoms with van der Waals surface area (Å²) in [5, 5.41) is 1.25. The van der Waals surface area contributed by atoms with Crippen LogP contribution in [0.4, 0.5) is 17.1 Å². The fraction of sp³-hybridized carbons (Fsp3) is 0.128. The quantitative estimate of drug-likeness (QED) is 0.211. The predicted molar refractivity (Wildman–Crippen MR) is 179 cm³/mol. The summed E-state index contributed by atoms with van der Waals surface area (Å²) >= 11 is 0. The lowest BCUT2D eigenvalue weighted by Gasteiger charge is -2.26. The molecule has 0 unspecified atom stereocenters. The van der Waals surface area contributed by atoms with Gasteiger partial charge in [0.1, 0.15) is 0 Å². The van der Waals surface area contributed by atoms with E-state index >= 15 is 0 Å². The summed E-state index contributed by atoms with van der Waals surface area (Å²) in [7, 11) is 0. The standard InChI is InChI=1S/C39H35N3/c1-5-30-26(2)42(38-24-32-31-15-9-10-16-34(31)39(3,4)35(32)23-33(30)38)29-21-19-27(20-22-29)25-41(28-13-7-6-8-14-28)37-18-12-11-17-36(37)40/h5-24H,1,25,40H2,2-4H3. The van der Waals surface area contributed by atoms with Crippen molar-refractivity contribution < 1.29 is 0 Å². The SMILES string of the molecule is C=Cc1c(C)n(-c2ccc(CN(c3ccccc3)c3ccccc3N)cc2)c2cc3c(cc12)C(C)(C)c1ccccc1-3. The third kappa shape index (κ3) is 3.96. The molecule has 1 heterocycles. The third-order valence-corrected chi connectivity index (χ3v) is 8.99. The highest BCUT2D eigenvalue weighted by Crippen LogP contribution is 2.50. The number of anilines is 3. The van der Waals surface area contributed by atoms with Gasteiger partial charge >= 0.3 is 0 Å². The van der Waals surface area contributed by atoms with E-state index in [1.807, 2.05) is 30.3 Å². The molecule has 0 atom stereocenters. The molecule has 0 saturated carbocycles. The van der Waals surface area contributed by atoms with Crippen LogP contribution in [0.3, 0.4) is 0 Å². The molecule has 7 rings (SSSR count). The zero-order valence-electron chi connectivity index (χ0n) is 24.4. The minimum absolute atomic E-state index is 0.0387. The van der Waals surface area contributed by atoms with Gasteiger partial charge in [0, 0.05) is 40.0 Å². The van der Waals surface area contributed by atoms with Crippen molar-refractivity contribution in [2.45, 2.75) is 32.7 Å². The van der Waals surface area contributed by atoms with Gasteiger partial charge < -0.3 is 15.2 Å². The van der Waals surface area contributed by atoms with E-state index in [1.165, 1.54) is 50.0 Å². The Bertz CT molecular complexity index is 1960. The Morgan fingerprint density at radius 2 is 1.48 bits per heavy atom. The predicted octanol–water partition coefficient (Wildman–Crippen LogP) is 9.81. The Hall–Kier alpha value is -5.02. The molecule has 0 bridgehead atoms. The second-order valence-electron chi connectivity index (χ2n) is 11.8. The minimum Gasteiger partial charge on any atom is -0.397 e. The fourth-order valence-corrected chi connectivity index (χ4v) is 6.81. The molecule has 42 heavy (non-hydrogen) atoms. The number of fused-ring (bicyclic) bond motifs is 4. The van der Waals surface area contributed by atoms with Crippen molar-refractivity contribution in [3.05, 3.63) is 150 Å². The van der Waals surface area contributed by atoms with Crippen molar-refractivity contribution in [2.24, 2.45) is 0 Å². The normalized spacial score (nSPS) is 13.1. The van der Waals surface area contributed by atoms with Gasteiger partial charge in [-0.1, -0.05) is 93.2 Å². The first-order valence-electron chi connectivity index (χ1n) is 14.6. The first kappa shape index (κ1) is 25.9. The van der Waals surface area contributed by atoms with Crippen LogP contribution < -0.4 is 10.6 Å². The first-order chi connectivity index (χ1) is 20.4. The monoisotopic (exact) mass is 545 g/mol. The maximum Gasteiger partial charge on any atom is 0.0647 e. The van der Waals surface area contributed by atoms with E-state index < -0.39 is 0 Å². The van der Waals surface area contributed by atoms with Crippen LogP contribution in [0, 0.1) is 6.92 Å². The Morgan fingerprint density at radius 1 is 0.786 bits per heavy atom. The molecule has 2 N–H and O–H groups in total. The molecule has 0 spiro atoms. The van der Waals surface area contributed by atoms with E-state index in [9.17, 15) is 0 Å². The molecule has 5 aromatic carbocycles. The molecular weight excluding hydrogens is 510 g/mol. The second kappa shape index (κ2) is 9.81. The van der Waals surface area contributed by atoms with Crippen LogP contribution in [0.2, 0.25) is 0 Å². The molecule has 206 valence electrons. The highest BCUT2D eigenvalue weighted by molar-refractivity contribution is 5.98. The molecule has 0 fully saturated rings. The molecule has 1 aliphatic rings. The maximum absolute atomic E-state index is 6.43. The fourth-order valence-electron chi connectivity index (χ4n) is 6.81. The van der Waals surface area contributed by atoms with Crippen molar-refractivity contribution >= 4 is 34.0 Å². The lowest BCUT2D eigenvalue weighted by Crippen LogP contribution is -2.17. The minimum atomic E-state index is -0.0387. The summed E-state index contributed by atoms with van der Waals surface area (Å²) in [6.45, 7) is 11.8. The van der Waals surface area contributed by atoms with Crippen LogP contribution in [0.5, 0.6) is 0 Å². The van der Waals surface area contributed by atoms with Gasteiger partial charge in [0.25, 0.3) is 0 Å².